The Kier molecular flexibility index (Phi) is 5.04. The average Bonchev–Trinajstić information content (AvgIpc) is 2.46. The fraction of sp³-hybridized carbons (Fsp3) is 0.529. The summed E-state index contributed by atoms with van der Waals surface area (Å²) in [6, 6.07) is 7.58. The van der Waals surface area contributed by atoms with E-state index in [1.807, 2.05) is 45.0 Å². The third-order valence-corrected chi connectivity index (χ3v) is 4.76. The van der Waals surface area contributed by atoms with E-state index in [0.29, 0.717) is 25.9 Å². The van der Waals surface area contributed by atoms with Gasteiger partial charge < -0.3 is 14.7 Å². The molecule has 126 valence electrons. The normalized spacial score (nSPS) is 17.7. The van der Waals surface area contributed by atoms with Gasteiger partial charge in [-0.2, -0.15) is 0 Å². The molecule has 23 heavy (non-hydrogen) atoms. The van der Waals surface area contributed by atoms with E-state index in [-0.39, 0.29) is 5.97 Å². The van der Waals surface area contributed by atoms with Gasteiger partial charge in [0.15, 0.2) is 0 Å². The van der Waals surface area contributed by atoms with Gasteiger partial charge in [0.25, 0.3) is 0 Å². The maximum atomic E-state index is 13.0. The molecule has 2 rings (SSSR count). The van der Waals surface area contributed by atoms with E-state index in [1.165, 1.54) is 4.90 Å². The Bertz CT molecular complexity index is 601. The molecule has 0 radical (unpaired) electrons. The summed E-state index contributed by atoms with van der Waals surface area (Å²) in [7, 11) is 0. The van der Waals surface area contributed by atoms with Crippen LogP contribution in [0.5, 0.6) is 0 Å². The summed E-state index contributed by atoms with van der Waals surface area (Å²) >= 11 is 3.52. The highest BCUT2D eigenvalue weighted by Crippen LogP contribution is 2.41. The molecule has 0 unspecified atom stereocenters. The number of esters is 1. The highest BCUT2D eigenvalue weighted by molar-refractivity contribution is 9.10. The van der Waals surface area contributed by atoms with Crippen LogP contribution < -0.4 is 0 Å². The smallest absolute Gasteiger partial charge is 0.407 e. The Morgan fingerprint density at radius 3 is 2.26 bits per heavy atom. The molecule has 6 heteroatoms. The summed E-state index contributed by atoms with van der Waals surface area (Å²) < 4.78 is 6.50. The van der Waals surface area contributed by atoms with Crippen LogP contribution in [0.15, 0.2) is 28.7 Å². The standard InChI is InChI=1S/C17H22BrNO4/c1-16(2,3)23-14(20)17(12-6-4-5-7-13(12)18)8-10-19(11-9-17)15(21)22/h4-7H,8-11H2,1-3H3,(H,21,22). The predicted molar refractivity (Wildman–Crippen MR) is 90.5 cm³/mol. The lowest BCUT2D eigenvalue weighted by Gasteiger charge is -2.41. The van der Waals surface area contributed by atoms with Crippen molar-refractivity contribution in [2.24, 2.45) is 0 Å². The maximum absolute atomic E-state index is 13.0. The molecule has 1 aliphatic rings. The first-order valence-corrected chi connectivity index (χ1v) is 8.41. The largest absolute Gasteiger partial charge is 0.465 e. The molecule has 1 aromatic carbocycles. The molecule has 0 saturated carbocycles. The molecule has 1 aliphatic heterocycles. The number of halogens is 1. The number of carbonyl (C=O) groups is 2. The van der Waals surface area contributed by atoms with Crippen molar-refractivity contribution in [1.82, 2.24) is 4.90 Å². The Morgan fingerprint density at radius 1 is 1.22 bits per heavy atom. The van der Waals surface area contributed by atoms with Crippen molar-refractivity contribution in [1.29, 1.82) is 0 Å². The lowest BCUT2D eigenvalue weighted by molar-refractivity contribution is -0.164. The first kappa shape index (κ1) is 17.8. The van der Waals surface area contributed by atoms with E-state index in [0.717, 1.165) is 10.0 Å². The van der Waals surface area contributed by atoms with Crippen LogP contribution >= 0.6 is 15.9 Å². The van der Waals surface area contributed by atoms with E-state index in [1.54, 1.807) is 0 Å². The summed E-state index contributed by atoms with van der Waals surface area (Å²) in [5.41, 5.74) is -0.548. The summed E-state index contributed by atoms with van der Waals surface area (Å²) in [4.78, 5) is 25.5. The molecule has 0 aromatic heterocycles. The summed E-state index contributed by atoms with van der Waals surface area (Å²) in [6.45, 7) is 6.15. The van der Waals surface area contributed by atoms with Gasteiger partial charge in [-0.05, 0) is 45.2 Å². The molecular weight excluding hydrogens is 362 g/mol. The van der Waals surface area contributed by atoms with Crippen LogP contribution in [0.25, 0.3) is 0 Å². The Hall–Kier alpha value is -1.56. The zero-order valence-corrected chi connectivity index (χ0v) is 15.2. The van der Waals surface area contributed by atoms with Crippen molar-refractivity contribution in [3.8, 4) is 0 Å². The van der Waals surface area contributed by atoms with Crippen molar-refractivity contribution >= 4 is 28.0 Å². The average molecular weight is 384 g/mol. The van der Waals surface area contributed by atoms with E-state index < -0.39 is 17.1 Å². The second kappa shape index (κ2) is 6.51. The third kappa shape index (κ3) is 3.86. The summed E-state index contributed by atoms with van der Waals surface area (Å²) in [5, 5.41) is 9.16. The quantitative estimate of drug-likeness (QED) is 0.788. The van der Waals surface area contributed by atoms with E-state index in [9.17, 15) is 9.59 Å². The van der Waals surface area contributed by atoms with Gasteiger partial charge in [-0.25, -0.2) is 4.79 Å². The highest BCUT2D eigenvalue weighted by atomic mass is 79.9. The number of likely N-dealkylation sites (tertiary alicyclic amines) is 1. The van der Waals surface area contributed by atoms with Gasteiger partial charge in [0.2, 0.25) is 0 Å². The second-order valence-electron chi connectivity index (χ2n) is 6.83. The second-order valence-corrected chi connectivity index (χ2v) is 7.69. The Morgan fingerprint density at radius 2 is 1.78 bits per heavy atom. The van der Waals surface area contributed by atoms with Crippen molar-refractivity contribution in [3.05, 3.63) is 34.3 Å². The number of rotatable bonds is 2. The van der Waals surface area contributed by atoms with Gasteiger partial charge in [0.05, 0.1) is 5.41 Å². The molecule has 1 fully saturated rings. The Balaban J connectivity index is 2.39. The number of hydrogen-bond donors (Lipinski definition) is 1. The first-order valence-electron chi connectivity index (χ1n) is 7.62. The number of benzene rings is 1. The van der Waals surface area contributed by atoms with Crippen LogP contribution in [-0.4, -0.2) is 40.8 Å². The van der Waals surface area contributed by atoms with Gasteiger partial charge in [0, 0.05) is 17.6 Å². The number of hydrogen-bond acceptors (Lipinski definition) is 3. The molecule has 1 N–H and O–H groups in total. The number of amides is 1. The molecular formula is C17H22BrNO4. The topological polar surface area (TPSA) is 66.8 Å². The van der Waals surface area contributed by atoms with E-state index in [4.69, 9.17) is 9.84 Å². The number of carboxylic acid groups (broad SMARTS) is 1. The summed E-state index contributed by atoms with van der Waals surface area (Å²) in [6.07, 6.45) is -0.122. The number of nitrogens with zero attached hydrogens (tertiary/aromatic N) is 1. The maximum Gasteiger partial charge on any atom is 0.407 e. The lowest BCUT2D eigenvalue weighted by atomic mass is 9.72. The fourth-order valence-corrected chi connectivity index (χ4v) is 3.55. The van der Waals surface area contributed by atoms with Crippen LogP contribution in [0.1, 0.15) is 39.2 Å². The molecule has 0 bridgehead atoms. The lowest BCUT2D eigenvalue weighted by Crippen LogP contribution is -2.50. The van der Waals surface area contributed by atoms with Gasteiger partial charge >= 0.3 is 12.1 Å². The molecule has 1 amide bonds. The van der Waals surface area contributed by atoms with Crippen LogP contribution in [0.4, 0.5) is 4.79 Å². The molecule has 1 heterocycles. The van der Waals surface area contributed by atoms with Gasteiger partial charge in [-0.3, -0.25) is 4.79 Å². The van der Waals surface area contributed by atoms with Crippen LogP contribution in [0.3, 0.4) is 0 Å². The van der Waals surface area contributed by atoms with Crippen molar-refractivity contribution in [3.63, 3.8) is 0 Å². The summed E-state index contributed by atoms with van der Waals surface area (Å²) in [5.74, 6) is -0.290. The highest BCUT2D eigenvalue weighted by Gasteiger charge is 2.47. The van der Waals surface area contributed by atoms with E-state index >= 15 is 0 Å². The zero-order chi connectivity index (χ0) is 17.3. The third-order valence-electron chi connectivity index (χ3n) is 4.07. The molecule has 1 aromatic rings. The minimum atomic E-state index is -0.949. The molecule has 0 atom stereocenters. The van der Waals surface area contributed by atoms with Gasteiger partial charge in [0.1, 0.15) is 5.60 Å². The molecule has 0 spiro atoms. The first-order chi connectivity index (χ1) is 10.7. The van der Waals surface area contributed by atoms with Gasteiger partial charge in [-0.1, -0.05) is 34.1 Å². The minimum absolute atomic E-state index is 0.290. The van der Waals surface area contributed by atoms with Crippen LogP contribution in [0, 0.1) is 0 Å². The zero-order valence-electron chi connectivity index (χ0n) is 13.6. The molecule has 0 aliphatic carbocycles. The van der Waals surface area contributed by atoms with Crippen molar-refractivity contribution in [2.75, 3.05) is 13.1 Å². The molecule has 5 nitrogen and oxygen atoms in total. The van der Waals surface area contributed by atoms with Gasteiger partial charge in [-0.15, -0.1) is 0 Å². The number of ether oxygens (including phenoxy) is 1. The van der Waals surface area contributed by atoms with Crippen molar-refractivity contribution in [2.45, 2.75) is 44.6 Å². The number of carbonyl (C=O) groups excluding carboxylic acids is 1. The Labute approximate surface area is 144 Å². The minimum Gasteiger partial charge on any atom is -0.465 e. The van der Waals surface area contributed by atoms with Crippen molar-refractivity contribution < 1.29 is 19.4 Å². The van der Waals surface area contributed by atoms with Crippen LogP contribution in [-0.2, 0) is 14.9 Å². The SMILES string of the molecule is CC(C)(C)OC(=O)C1(c2ccccc2Br)CCN(C(=O)O)CC1. The fourth-order valence-electron chi connectivity index (χ4n) is 2.89. The molecule has 1 saturated heterocycles. The monoisotopic (exact) mass is 383 g/mol. The van der Waals surface area contributed by atoms with E-state index in [2.05, 4.69) is 15.9 Å². The predicted octanol–water partition coefficient (Wildman–Crippen LogP) is 3.80. The number of piperidine rings is 1. The van der Waals surface area contributed by atoms with Crippen LogP contribution in [0.2, 0.25) is 0 Å².